The van der Waals surface area contributed by atoms with Gasteiger partial charge in [-0.2, -0.15) is 0 Å². The van der Waals surface area contributed by atoms with Gasteiger partial charge < -0.3 is 19.3 Å². The van der Waals surface area contributed by atoms with Crippen LogP contribution in [0.2, 0.25) is 0 Å². The molecule has 1 saturated heterocycles. The second kappa shape index (κ2) is 11.6. The molecular weight excluding hydrogens is 514 g/mol. The molecule has 7 heteroatoms. The van der Waals surface area contributed by atoms with E-state index >= 15 is 0 Å². The number of amides is 1. The van der Waals surface area contributed by atoms with Crippen LogP contribution in [-0.2, 0) is 15.1 Å². The molecule has 7 nitrogen and oxygen atoms in total. The van der Waals surface area contributed by atoms with Crippen LogP contribution in [0.25, 0.3) is 0 Å². The molecule has 2 heterocycles. The van der Waals surface area contributed by atoms with Crippen LogP contribution in [-0.4, -0.2) is 50.3 Å². The summed E-state index contributed by atoms with van der Waals surface area (Å²) in [4.78, 5) is 31.7. The van der Waals surface area contributed by atoms with Crippen molar-refractivity contribution >= 4 is 12.1 Å². The number of ether oxygens (including phenoxy) is 1. The Labute approximate surface area is 241 Å². The molecule has 3 aromatic carbocycles. The highest BCUT2D eigenvalue weighted by Gasteiger charge is 2.41. The summed E-state index contributed by atoms with van der Waals surface area (Å²) in [5, 5.41) is 10.4. The fourth-order valence-electron chi connectivity index (χ4n) is 5.98. The first kappa shape index (κ1) is 28.1. The predicted molar refractivity (Wildman–Crippen MR) is 158 cm³/mol. The summed E-state index contributed by atoms with van der Waals surface area (Å²) < 4.78 is 7.58. The summed E-state index contributed by atoms with van der Waals surface area (Å²) in [7, 11) is 0. The monoisotopic (exact) mass is 551 g/mol. The second-order valence-corrected chi connectivity index (χ2v) is 11.6. The average Bonchev–Trinajstić information content (AvgIpc) is 3.44. The third kappa shape index (κ3) is 5.75. The molecule has 5 rings (SSSR count). The van der Waals surface area contributed by atoms with Crippen molar-refractivity contribution in [3.63, 3.8) is 0 Å². The Morgan fingerprint density at radius 1 is 0.829 bits per heavy atom. The number of benzene rings is 3. The first-order chi connectivity index (χ1) is 19.7. The number of aromatic nitrogens is 2. The Kier molecular flexibility index (Phi) is 7.97. The summed E-state index contributed by atoms with van der Waals surface area (Å²) in [6.07, 6.45) is 4.42. The zero-order chi connectivity index (χ0) is 29.0. The number of carbonyl (C=O) groups is 2. The van der Waals surface area contributed by atoms with Crippen molar-refractivity contribution in [1.29, 1.82) is 0 Å². The maximum atomic E-state index is 12.7. The number of hydrogen-bond donors (Lipinski definition) is 1. The van der Waals surface area contributed by atoms with Gasteiger partial charge in [0.25, 0.3) is 0 Å². The van der Waals surface area contributed by atoms with E-state index in [2.05, 4.69) is 36.4 Å². The number of carbonyl (C=O) groups excluding carboxylic acids is 1. The van der Waals surface area contributed by atoms with Crippen molar-refractivity contribution in [3.8, 4) is 0 Å². The number of rotatable bonds is 7. The molecule has 4 aromatic rings. The molecular formula is C34H37N3O4. The molecule has 1 amide bonds. The number of carboxylic acids is 1. The molecule has 1 aliphatic heterocycles. The number of piperidine rings is 1. The van der Waals surface area contributed by atoms with Crippen molar-refractivity contribution in [3.05, 3.63) is 126 Å². The Hall–Kier alpha value is -4.39. The lowest BCUT2D eigenvalue weighted by atomic mass is 9.76. The maximum absolute atomic E-state index is 12.7. The molecule has 1 N–H and O–H groups in total. The molecule has 212 valence electrons. The van der Waals surface area contributed by atoms with E-state index in [1.54, 1.807) is 11.2 Å². The van der Waals surface area contributed by atoms with E-state index in [-0.39, 0.29) is 12.0 Å². The lowest BCUT2D eigenvalue weighted by molar-refractivity contribution is -0.140. The van der Waals surface area contributed by atoms with E-state index in [0.717, 1.165) is 16.7 Å². The maximum Gasteiger partial charge on any atom is 0.410 e. The van der Waals surface area contributed by atoms with Crippen LogP contribution in [0.1, 0.15) is 61.9 Å². The normalized spacial score (nSPS) is 15.3. The summed E-state index contributed by atoms with van der Waals surface area (Å²) in [5.74, 6) is -1.86. The minimum atomic E-state index is -0.907. The van der Waals surface area contributed by atoms with Crippen LogP contribution in [0.15, 0.2) is 104 Å². The van der Waals surface area contributed by atoms with Gasteiger partial charge in [-0.05, 0) is 56.2 Å². The van der Waals surface area contributed by atoms with Crippen molar-refractivity contribution in [1.82, 2.24) is 14.5 Å². The molecule has 0 saturated carbocycles. The number of aliphatic carboxylic acids is 1. The summed E-state index contributed by atoms with van der Waals surface area (Å²) in [5.41, 5.74) is 2.29. The van der Waals surface area contributed by atoms with Gasteiger partial charge in [0.05, 0.1) is 12.0 Å². The highest BCUT2D eigenvalue weighted by atomic mass is 16.6. The highest BCUT2D eigenvalue weighted by molar-refractivity contribution is 5.76. The van der Waals surface area contributed by atoms with Gasteiger partial charge in [0.15, 0.2) is 0 Å². The van der Waals surface area contributed by atoms with Crippen molar-refractivity contribution < 1.29 is 19.4 Å². The standard InChI is InChI=1S/C34H37N3O4/c1-33(2,3)41-32(40)36-21-19-25(20-22-36)30(31(38)39)29-23-37(24-35-29)34(26-13-7-4-8-14-26,27-15-9-5-10-16-27)28-17-11-6-12-18-28/h4-18,23-25,30H,19-22H2,1-3H3,(H,38,39). The number of imidazole rings is 1. The number of likely N-dealkylation sites (tertiary alicyclic amines) is 1. The predicted octanol–water partition coefficient (Wildman–Crippen LogP) is 6.54. The van der Waals surface area contributed by atoms with Gasteiger partial charge in [0.1, 0.15) is 17.1 Å². The lowest BCUT2D eigenvalue weighted by Gasteiger charge is -2.37. The molecule has 0 radical (unpaired) electrons. The van der Waals surface area contributed by atoms with E-state index in [1.165, 1.54) is 0 Å². The zero-order valence-corrected chi connectivity index (χ0v) is 23.8. The molecule has 1 fully saturated rings. The van der Waals surface area contributed by atoms with E-state index in [4.69, 9.17) is 9.72 Å². The largest absolute Gasteiger partial charge is 0.481 e. The Morgan fingerprint density at radius 2 is 1.29 bits per heavy atom. The van der Waals surface area contributed by atoms with Gasteiger partial charge in [-0.25, -0.2) is 9.78 Å². The van der Waals surface area contributed by atoms with Crippen LogP contribution >= 0.6 is 0 Å². The molecule has 0 bridgehead atoms. The number of nitrogens with zero attached hydrogens (tertiary/aromatic N) is 3. The van der Waals surface area contributed by atoms with Crippen LogP contribution in [0.4, 0.5) is 4.79 Å². The van der Waals surface area contributed by atoms with Gasteiger partial charge >= 0.3 is 12.1 Å². The third-order valence-electron chi connectivity index (χ3n) is 7.81. The Bertz CT molecular complexity index is 1360. The Balaban J connectivity index is 1.53. The van der Waals surface area contributed by atoms with Gasteiger partial charge in [-0.1, -0.05) is 91.0 Å². The molecule has 1 atom stereocenters. The molecule has 1 unspecified atom stereocenters. The van der Waals surface area contributed by atoms with E-state index in [1.807, 2.05) is 86.1 Å². The fourth-order valence-corrected chi connectivity index (χ4v) is 5.98. The highest BCUT2D eigenvalue weighted by Crippen LogP contribution is 2.42. The van der Waals surface area contributed by atoms with Crippen LogP contribution < -0.4 is 0 Å². The van der Waals surface area contributed by atoms with E-state index in [0.29, 0.717) is 31.6 Å². The van der Waals surface area contributed by atoms with Crippen LogP contribution in [0.3, 0.4) is 0 Å². The summed E-state index contributed by atoms with van der Waals surface area (Å²) in [6, 6.07) is 30.7. The van der Waals surface area contributed by atoms with Gasteiger partial charge in [-0.3, -0.25) is 4.79 Å². The smallest absolute Gasteiger partial charge is 0.410 e. The number of hydrogen-bond acceptors (Lipinski definition) is 4. The Morgan fingerprint density at radius 3 is 1.71 bits per heavy atom. The third-order valence-corrected chi connectivity index (χ3v) is 7.81. The van der Waals surface area contributed by atoms with E-state index < -0.39 is 23.0 Å². The minimum absolute atomic E-state index is 0.158. The van der Waals surface area contributed by atoms with Gasteiger partial charge in [0.2, 0.25) is 0 Å². The molecule has 1 aromatic heterocycles. The molecule has 0 spiro atoms. The first-order valence-electron chi connectivity index (χ1n) is 14.1. The number of carboxylic acid groups (broad SMARTS) is 1. The SMILES string of the molecule is CC(C)(C)OC(=O)N1CCC(C(C(=O)O)c2cn(C(c3ccccc3)(c3ccccc3)c3ccccc3)cn2)CC1. The van der Waals surface area contributed by atoms with Crippen molar-refractivity contribution in [2.24, 2.45) is 5.92 Å². The van der Waals surface area contributed by atoms with Crippen molar-refractivity contribution in [2.45, 2.75) is 50.7 Å². The van der Waals surface area contributed by atoms with Crippen LogP contribution in [0.5, 0.6) is 0 Å². The van der Waals surface area contributed by atoms with Gasteiger partial charge in [0, 0.05) is 19.3 Å². The quantitative estimate of drug-likeness (QED) is 0.264. The summed E-state index contributed by atoms with van der Waals surface area (Å²) >= 11 is 0. The molecule has 41 heavy (non-hydrogen) atoms. The zero-order valence-electron chi connectivity index (χ0n) is 23.8. The minimum Gasteiger partial charge on any atom is -0.481 e. The summed E-state index contributed by atoms with van der Waals surface area (Å²) in [6.45, 7) is 6.43. The molecule has 0 aliphatic carbocycles. The molecule has 1 aliphatic rings. The first-order valence-corrected chi connectivity index (χ1v) is 14.1. The average molecular weight is 552 g/mol. The van der Waals surface area contributed by atoms with Gasteiger partial charge in [-0.15, -0.1) is 0 Å². The lowest BCUT2D eigenvalue weighted by Crippen LogP contribution is -2.43. The fraction of sp³-hybridized carbons (Fsp3) is 0.324. The topological polar surface area (TPSA) is 84.7 Å². The van der Waals surface area contributed by atoms with E-state index in [9.17, 15) is 14.7 Å². The second-order valence-electron chi connectivity index (χ2n) is 11.6. The van der Waals surface area contributed by atoms with Crippen molar-refractivity contribution in [2.75, 3.05) is 13.1 Å². The van der Waals surface area contributed by atoms with Crippen LogP contribution in [0, 0.1) is 5.92 Å².